The maximum Gasteiger partial charge on any atom is 0.326 e. The van der Waals surface area contributed by atoms with E-state index in [0.29, 0.717) is 19.3 Å². The molecule has 0 fully saturated rings. The SMILES string of the molecule is CC(=O)N[C@H](CCCC#N)C(=O)O. The first-order valence-corrected chi connectivity index (χ1v) is 3.94. The number of carboxylic acid groups (broad SMARTS) is 1. The van der Waals surface area contributed by atoms with Crippen molar-refractivity contribution in [2.45, 2.75) is 32.2 Å². The standard InChI is InChI=1S/C8H12N2O3/c1-6(11)10-7(8(12)13)4-2-3-5-9/h7H,2-4H2,1H3,(H,10,11)(H,12,13)/t7-/m1/s1. The Bertz CT molecular complexity index is 232. The molecule has 0 aromatic rings. The molecule has 0 heterocycles. The van der Waals surface area contributed by atoms with E-state index in [2.05, 4.69) is 5.32 Å². The van der Waals surface area contributed by atoms with Gasteiger partial charge < -0.3 is 10.4 Å². The number of nitrogens with one attached hydrogen (secondary N) is 1. The molecule has 0 bridgehead atoms. The molecule has 0 aromatic heterocycles. The lowest BCUT2D eigenvalue weighted by molar-refractivity contribution is -0.141. The Morgan fingerprint density at radius 3 is 2.62 bits per heavy atom. The van der Waals surface area contributed by atoms with Crippen LogP contribution in [0.15, 0.2) is 0 Å². The van der Waals surface area contributed by atoms with Crippen molar-refractivity contribution < 1.29 is 14.7 Å². The molecule has 0 aromatic carbocycles. The van der Waals surface area contributed by atoms with Crippen molar-refractivity contribution in [3.05, 3.63) is 0 Å². The predicted molar refractivity (Wildman–Crippen MR) is 44.7 cm³/mol. The highest BCUT2D eigenvalue weighted by Crippen LogP contribution is 2.00. The quantitative estimate of drug-likeness (QED) is 0.600. The molecule has 1 atom stereocenters. The molecule has 0 aliphatic heterocycles. The predicted octanol–water partition coefficient (Wildman–Crippen LogP) is 0.270. The highest BCUT2D eigenvalue weighted by molar-refractivity contribution is 5.81. The Balaban J connectivity index is 3.89. The summed E-state index contributed by atoms with van der Waals surface area (Å²) in [6.07, 6.45) is 1.08. The van der Waals surface area contributed by atoms with Gasteiger partial charge in [-0.15, -0.1) is 0 Å². The van der Waals surface area contributed by atoms with Crippen molar-refractivity contribution in [2.75, 3.05) is 0 Å². The normalized spacial score (nSPS) is 11.4. The van der Waals surface area contributed by atoms with Crippen LogP contribution in [0.2, 0.25) is 0 Å². The van der Waals surface area contributed by atoms with Gasteiger partial charge in [0, 0.05) is 13.3 Å². The highest BCUT2D eigenvalue weighted by atomic mass is 16.4. The number of carbonyl (C=O) groups excluding carboxylic acids is 1. The zero-order chi connectivity index (χ0) is 10.3. The van der Waals surface area contributed by atoms with Crippen molar-refractivity contribution in [3.8, 4) is 6.07 Å². The average molecular weight is 184 g/mol. The van der Waals surface area contributed by atoms with Crippen molar-refractivity contribution in [2.24, 2.45) is 0 Å². The van der Waals surface area contributed by atoms with E-state index in [1.54, 1.807) is 0 Å². The summed E-state index contributed by atoms with van der Waals surface area (Å²) in [6, 6.07) is 1.04. The molecule has 0 unspecified atom stereocenters. The van der Waals surface area contributed by atoms with E-state index in [1.807, 2.05) is 6.07 Å². The van der Waals surface area contributed by atoms with Gasteiger partial charge in [-0.25, -0.2) is 4.79 Å². The van der Waals surface area contributed by atoms with Gasteiger partial charge in [-0.2, -0.15) is 5.26 Å². The topological polar surface area (TPSA) is 90.2 Å². The number of nitrogens with zero attached hydrogens (tertiary/aromatic N) is 1. The minimum absolute atomic E-state index is 0.294. The second kappa shape index (κ2) is 6.00. The first-order chi connectivity index (χ1) is 6.07. The van der Waals surface area contributed by atoms with Crippen LogP contribution in [0, 0.1) is 11.3 Å². The van der Waals surface area contributed by atoms with Gasteiger partial charge in [0.1, 0.15) is 6.04 Å². The van der Waals surface area contributed by atoms with Crippen LogP contribution in [0.25, 0.3) is 0 Å². The molecule has 0 aliphatic carbocycles. The fourth-order valence-electron chi connectivity index (χ4n) is 0.888. The summed E-state index contributed by atoms with van der Waals surface area (Å²) in [4.78, 5) is 21.1. The summed E-state index contributed by atoms with van der Waals surface area (Å²) < 4.78 is 0. The second-order valence-corrected chi connectivity index (χ2v) is 2.64. The highest BCUT2D eigenvalue weighted by Gasteiger charge is 2.16. The molecular formula is C8H12N2O3. The minimum atomic E-state index is -1.06. The fraction of sp³-hybridized carbons (Fsp3) is 0.625. The van der Waals surface area contributed by atoms with Crippen LogP contribution in [0.3, 0.4) is 0 Å². The Labute approximate surface area is 76.4 Å². The molecule has 0 rings (SSSR count). The number of nitriles is 1. The summed E-state index contributed by atoms with van der Waals surface area (Å²) in [5.74, 6) is -1.43. The summed E-state index contributed by atoms with van der Waals surface area (Å²) in [5, 5.41) is 19.1. The molecule has 0 spiro atoms. The number of amides is 1. The molecular weight excluding hydrogens is 172 g/mol. The summed E-state index contributed by atoms with van der Waals surface area (Å²) in [7, 11) is 0. The van der Waals surface area contributed by atoms with E-state index in [-0.39, 0.29) is 5.91 Å². The first-order valence-electron chi connectivity index (χ1n) is 3.94. The second-order valence-electron chi connectivity index (χ2n) is 2.64. The lowest BCUT2D eigenvalue weighted by Crippen LogP contribution is -2.39. The van der Waals surface area contributed by atoms with Gasteiger partial charge >= 0.3 is 5.97 Å². The van der Waals surface area contributed by atoms with Gasteiger partial charge in [-0.3, -0.25) is 4.79 Å². The molecule has 5 heteroatoms. The molecule has 0 aliphatic rings. The van der Waals surface area contributed by atoms with E-state index in [9.17, 15) is 9.59 Å². The number of carboxylic acids is 1. The van der Waals surface area contributed by atoms with E-state index in [0.717, 1.165) is 0 Å². The van der Waals surface area contributed by atoms with E-state index in [4.69, 9.17) is 10.4 Å². The van der Waals surface area contributed by atoms with Gasteiger partial charge in [-0.1, -0.05) is 0 Å². The molecule has 72 valence electrons. The average Bonchev–Trinajstić information content (AvgIpc) is 2.02. The lowest BCUT2D eigenvalue weighted by atomic mass is 10.1. The van der Waals surface area contributed by atoms with Gasteiger partial charge in [0.25, 0.3) is 0 Å². The van der Waals surface area contributed by atoms with Crippen LogP contribution in [0.1, 0.15) is 26.2 Å². The van der Waals surface area contributed by atoms with Crippen LogP contribution < -0.4 is 5.32 Å². The Morgan fingerprint density at radius 2 is 2.23 bits per heavy atom. The Morgan fingerprint density at radius 1 is 1.62 bits per heavy atom. The number of hydrogen-bond donors (Lipinski definition) is 2. The molecule has 0 radical (unpaired) electrons. The monoisotopic (exact) mass is 184 g/mol. The maximum absolute atomic E-state index is 10.6. The fourth-order valence-corrected chi connectivity index (χ4v) is 0.888. The number of rotatable bonds is 5. The number of aliphatic carboxylic acids is 1. The summed E-state index contributed by atoms with van der Waals surface area (Å²) in [6.45, 7) is 1.26. The summed E-state index contributed by atoms with van der Waals surface area (Å²) >= 11 is 0. The Kier molecular flexibility index (Phi) is 5.28. The molecule has 1 amide bonds. The first kappa shape index (κ1) is 11.4. The van der Waals surface area contributed by atoms with E-state index in [1.165, 1.54) is 6.92 Å². The van der Waals surface area contributed by atoms with Gasteiger partial charge in [0.2, 0.25) is 5.91 Å². The zero-order valence-corrected chi connectivity index (χ0v) is 7.41. The van der Waals surface area contributed by atoms with Crippen molar-refractivity contribution in [1.82, 2.24) is 5.32 Å². The third-order valence-electron chi connectivity index (χ3n) is 1.46. The molecule has 5 nitrogen and oxygen atoms in total. The van der Waals surface area contributed by atoms with E-state index >= 15 is 0 Å². The van der Waals surface area contributed by atoms with Crippen LogP contribution >= 0.6 is 0 Å². The Hall–Kier alpha value is -1.57. The molecule has 0 saturated carbocycles. The maximum atomic E-state index is 10.6. The molecule has 2 N–H and O–H groups in total. The van der Waals surface area contributed by atoms with E-state index < -0.39 is 12.0 Å². The third kappa shape index (κ3) is 5.67. The zero-order valence-electron chi connectivity index (χ0n) is 7.41. The van der Waals surface area contributed by atoms with Crippen LogP contribution in [-0.2, 0) is 9.59 Å². The van der Waals surface area contributed by atoms with Gasteiger partial charge in [-0.05, 0) is 12.8 Å². The number of hydrogen-bond acceptors (Lipinski definition) is 3. The minimum Gasteiger partial charge on any atom is -0.480 e. The number of unbranched alkanes of at least 4 members (excludes halogenated alkanes) is 1. The van der Waals surface area contributed by atoms with Crippen LogP contribution in [-0.4, -0.2) is 23.0 Å². The van der Waals surface area contributed by atoms with Crippen LogP contribution in [0.4, 0.5) is 0 Å². The number of carbonyl (C=O) groups is 2. The largest absolute Gasteiger partial charge is 0.480 e. The lowest BCUT2D eigenvalue weighted by Gasteiger charge is -2.11. The third-order valence-corrected chi connectivity index (χ3v) is 1.46. The molecule has 0 saturated heterocycles. The van der Waals surface area contributed by atoms with Gasteiger partial charge in [0.15, 0.2) is 0 Å². The molecule has 13 heavy (non-hydrogen) atoms. The van der Waals surface area contributed by atoms with Gasteiger partial charge in [0.05, 0.1) is 6.07 Å². The van der Waals surface area contributed by atoms with Crippen LogP contribution in [0.5, 0.6) is 0 Å². The smallest absolute Gasteiger partial charge is 0.326 e. The van der Waals surface area contributed by atoms with Crippen molar-refractivity contribution in [3.63, 3.8) is 0 Å². The van der Waals surface area contributed by atoms with Crippen molar-refractivity contribution in [1.29, 1.82) is 5.26 Å². The van der Waals surface area contributed by atoms with Crippen molar-refractivity contribution >= 4 is 11.9 Å². The summed E-state index contributed by atoms with van der Waals surface area (Å²) in [5.41, 5.74) is 0.